The minimum absolute atomic E-state index is 0.223. The van der Waals surface area contributed by atoms with Crippen molar-refractivity contribution in [2.75, 3.05) is 11.9 Å². The maximum atomic E-state index is 11.6. The van der Waals surface area contributed by atoms with Crippen LogP contribution in [0.1, 0.15) is 20.5 Å². The second kappa shape index (κ2) is 6.12. The molecule has 2 heterocycles. The third-order valence-corrected chi connectivity index (χ3v) is 4.50. The molecule has 2 rings (SSSR count). The number of amides is 2. The molecule has 5 nitrogen and oxygen atoms in total. The van der Waals surface area contributed by atoms with E-state index in [1.165, 1.54) is 16.2 Å². The third kappa shape index (κ3) is 4.00. The molecule has 0 aliphatic carbocycles. The predicted molar refractivity (Wildman–Crippen MR) is 79.2 cm³/mol. The Balaban J connectivity index is 1.75. The first-order valence-corrected chi connectivity index (χ1v) is 7.58. The molecule has 2 amide bonds. The van der Waals surface area contributed by atoms with Crippen LogP contribution < -0.4 is 10.6 Å². The number of rotatable bonds is 4. The van der Waals surface area contributed by atoms with Crippen LogP contribution >= 0.6 is 22.7 Å². The van der Waals surface area contributed by atoms with Crippen LogP contribution in [0.25, 0.3) is 0 Å². The van der Waals surface area contributed by atoms with Gasteiger partial charge in [0.2, 0.25) is 0 Å². The third-order valence-electron chi connectivity index (χ3n) is 2.54. The number of hydrogen-bond donors (Lipinski definition) is 2. The van der Waals surface area contributed by atoms with Crippen LogP contribution in [0.2, 0.25) is 0 Å². The predicted octanol–water partition coefficient (Wildman–Crippen LogP) is 2.89. The number of hydrogen-bond acceptors (Lipinski definition) is 5. The maximum Gasteiger partial charge on any atom is 0.321 e. The van der Waals surface area contributed by atoms with Crippen LogP contribution in [0.5, 0.6) is 0 Å². The summed E-state index contributed by atoms with van der Waals surface area (Å²) in [5.74, 6) is 0. The largest absolute Gasteiger partial charge is 0.337 e. The summed E-state index contributed by atoms with van der Waals surface area (Å²) in [4.78, 5) is 22.4. The van der Waals surface area contributed by atoms with Crippen molar-refractivity contribution in [2.24, 2.45) is 0 Å². The second-order valence-electron chi connectivity index (χ2n) is 4.16. The maximum absolute atomic E-state index is 11.6. The number of anilines is 1. The van der Waals surface area contributed by atoms with E-state index < -0.39 is 0 Å². The van der Waals surface area contributed by atoms with Crippen LogP contribution in [-0.4, -0.2) is 22.5 Å². The SMILES string of the molecule is Cc1cnc(NC(=O)NCCc2nc(C)c(C)s2)s1. The van der Waals surface area contributed by atoms with Crippen molar-refractivity contribution < 1.29 is 4.79 Å². The fourth-order valence-corrected chi connectivity index (χ4v) is 3.08. The van der Waals surface area contributed by atoms with Crippen LogP contribution in [0.3, 0.4) is 0 Å². The molecule has 0 saturated carbocycles. The minimum atomic E-state index is -0.223. The lowest BCUT2D eigenvalue weighted by Crippen LogP contribution is -2.30. The van der Waals surface area contributed by atoms with Gasteiger partial charge < -0.3 is 5.32 Å². The van der Waals surface area contributed by atoms with Crippen LogP contribution in [0.15, 0.2) is 6.20 Å². The van der Waals surface area contributed by atoms with Gasteiger partial charge in [0.05, 0.1) is 10.7 Å². The first-order valence-electron chi connectivity index (χ1n) is 5.95. The fourth-order valence-electron chi connectivity index (χ4n) is 1.48. The lowest BCUT2D eigenvalue weighted by molar-refractivity contribution is 0.252. The molecular formula is C12H16N4OS2. The quantitative estimate of drug-likeness (QED) is 0.911. The highest BCUT2D eigenvalue weighted by molar-refractivity contribution is 7.15. The Labute approximate surface area is 120 Å². The van der Waals surface area contributed by atoms with E-state index in [4.69, 9.17) is 0 Å². The summed E-state index contributed by atoms with van der Waals surface area (Å²) in [5, 5.41) is 7.18. The van der Waals surface area contributed by atoms with Crippen molar-refractivity contribution >= 4 is 33.8 Å². The highest BCUT2D eigenvalue weighted by Crippen LogP contribution is 2.17. The van der Waals surface area contributed by atoms with Crippen molar-refractivity contribution in [2.45, 2.75) is 27.2 Å². The van der Waals surface area contributed by atoms with E-state index in [-0.39, 0.29) is 6.03 Å². The standard InChI is InChI=1S/C12H16N4OS2/c1-7-6-14-12(18-7)16-11(17)13-5-4-10-15-8(2)9(3)19-10/h6H,4-5H2,1-3H3,(H2,13,14,16,17). The zero-order valence-corrected chi connectivity index (χ0v) is 12.7. The van der Waals surface area contributed by atoms with Gasteiger partial charge in [0.15, 0.2) is 5.13 Å². The Morgan fingerprint density at radius 2 is 2.11 bits per heavy atom. The molecule has 102 valence electrons. The number of nitrogens with zero attached hydrogens (tertiary/aromatic N) is 2. The van der Waals surface area contributed by atoms with Crippen LogP contribution in [0, 0.1) is 20.8 Å². The summed E-state index contributed by atoms with van der Waals surface area (Å²) in [5.41, 5.74) is 1.07. The molecule has 0 radical (unpaired) electrons. The normalized spacial score (nSPS) is 10.5. The first kappa shape index (κ1) is 14.0. The number of aromatic nitrogens is 2. The van der Waals surface area contributed by atoms with Gasteiger partial charge in [-0.2, -0.15) is 0 Å². The Bertz CT molecular complexity index is 557. The van der Waals surface area contributed by atoms with E-state index in [1.807, 2.05) is 13.8 Å². The summed E-state index contributed by atoms with van der Waals surface area (Å²) in [6.07, 6.45) is 2.49. The molecular weight excluding hydrogens is 280 g/mol. The van der Waals surface area contributed by atoms with Gasteiger partial charge in [-0.3, -0.25) is 5.32 Å². The van der Waals surface area contributed by atoms with Gasteiger partial charge >= 0.3 is 6.03 Å². The molecule has 0 bridgehead atoms. The highest BCUT2D eigenvalue weighted by atomic mass is 32.1. The molecule has 0 unspecified atom stereocenters. The van der Waals surface area contributed by atoms with Gasteiger partial charge in [-0.05, 0) is 20.8 Å². The van der Waals surface area contributed by atoms with E-state index in [0.717, 1.165) is 22.0 Å². The van der Waals surface area contributed by atoms with E-state index >= 15 is 0 Å². The fraction of sp³-hybridized carbons (Fsp3) is 0.417. The lowest BCUT2D eigenvalue weighted by atomic mass is 10.4. The Morgan fingerprint density at radius 1 is 1.32 bits per heavy atom. The van der Waals surface area contributed by atoms with E-state index in [1.54, 1.807) is 17.5 Å². The van der Waals surface area contributed by atoms with Gasteiger partial charge in [-0.15, -0.1) is 22.7 Å². The molecule has 19 heavy (non-hydrogen) atoms. The number of carbonyl (C=O) groups is 1. The number of nitrogens with one attached hydrogen (secondary N) is 2. The van der Waals surface area contributed by atoms with Crippen molar-refractivity contribution in [1.82, 2.24) is 15.3 Å². The van der Waals surface area contributed by atoms with Gasteiger partial charge in [0.1, 0.15) is 0 Å². The topological polar surface area (TPSA) is 66.9 Å². The Kier molecular flexibility index (Phi) is 4.49. The monoisotopic (exact) mass is 296 g/mol. The van der Waals surface area contributed by atoms with Crippen LogP contribution in [0.4, 0.5) is 9.93 Å². The summed E-state index contributed by atoms with van der Waals surface area (Å²) in [6, 6.07) is -0.223. The number of thiazole rings is 2. The molecule has 0 spiro atoms. The average Bonchev–Trinajstić information content (AvgIpc) is 2.86. The highest BCUT2D eigenvalue weighted by Gasteiger charge is 2.06. The molecule has 0 aliphatic rings. The van der Waals surface area contributed by atoms with Crippen molar-refractivity contribution in [3.63, 3.8) is 0 Å². The average molecular weight is 296 g/mol. The molecule has 0 aromatic carbocycles. The zero-order valence-electron chi connectivity index (χ0n) is 11.1. The number of aryl methyl sites for hydroxylation is 3. The smallest absolute Gasteiger partial charge is 0.321 e. The molecule has 2 aromatic rings. The summed E-state index contributed by atoms with van der Waals surface area (Å²) >= 11 is 3.14. The van der Waals surface area contributed by atoms with Gasteiger partial charge in [0, 0.05) is 28.9 Å². The van der Waals surface area contributed by atoms with Crippen molar-refractivity contribution in [3.8, 4) is 0 Å². The molecule has 0 saturated heterocycles. The molecule has 7 heteroatoms. The van der Waals surface area contributed by atoms with Gasteiger partial charge in [-0.1, -0.05) is 0 Å². The van der Waals surface area contributed by atoms with E-state index in [0.29, 0.717) is 11.7 Å². The summed E-state index contributed by atoms with van der Waals surface area (Å²) < 4.78 is 0. The Morgan fingerprint density at radius 3 is 2.68 bits per heavy atom. The summed E-state index contributed by atoms with van der Waals surface area (Å²) in [6.45, 7) is 6.58. The van der Waals surface area contributed by atoms with Crippen molar-refractivity contribution in [3.05, 3.63) is 26.7 Å². The zero-order chi connectivity index (χ0) is 13.8. The van der Waals surface area contributed by atoms with Gasteiger partial charge in [0.25, 0.3) is 0 Å². The molecule has 2 N–H and O–H groups in total. The lowest BCUT2D eigenvalue weighted by Gasteiger charge is -2.03. The first-order chi connectivity index (χ1) is 9.04. The minimum Gasteiger partial charge on any atom is -0.337 e. The molecule has 2 aromatic heterocycles. The van der Waals surface area contributed by atoms with E-state index in [2.05, 4.69) is 27.5 Å². The molecule has 0 fully saturated rings. The second-order valence-corrected chi connectivity index (χ2v) is 6.68. The van der Waals surface area contributed by atoms with Crippen LogP contribution in [-0.2, 0) is 6.42 Å². The molecule has 0 aliphatic heterocycles. The summed E-state index contributed by atoms with van der Waals surface area (Å²) in [7, 11) is 0. The van der Waals surface area contributed by atoms with Gasteiger partial charge in [-0.25, -0.2) is 14.8 Å². The molecule has 0 atom stereocenters. The van der Waals surface area contributed by atoms with Crippen molar-refractivity contribution in [1.29, 1.82) is 0 Å². The number of carbonyl (C=O) groups excluding carboxylic acids is 1. The Hall–Kier alpha value is -1.47. The van der Waals surface area contributed by atoms with E-state index in [9.17, 15) is 4.79 Å². The number of urea groups is 1.